The van der Waals surface area contributed by atoms with Gasteiger partial charge in [-0.3, -0.25) is 9.59 Å². The minimum Gasteiger partial charge on any atom is -0.493 e. The van der Waals surface area contributed by atoms with Gasteiger partial charge < -0.3 is 29.0 Å². The number of para-hydroxylation sites is 2. The number of amides is 2. The zero-order valence-corrected chi connectivity index (χ0v) is 25.4. The minimum absolute atomic E-state index is 0.154. The third-order valence-electron chi connectivity index (χ3n) is 8.86. The van der Waals surface area contributed by atoms with E-state index in [0.29, 0.717) is 40.7 Å². The number of aromatic nitrogens is 2. The number of ether oxygens (including phenoxy) is 3. The topological polar surface area (TPSA) is 94.9 Å². The fraction of sp³-hybridized carbons (Fsp3) is 0.545. The van der Waals surface area contributed by atoms with Crippen molar-refractivity contribution in [3.8, 4) is 17.2 Å². The van der Waals surface area contributed by atoms with Crippen molar-refractivity contribution in [3.63, 3.8) is 0 Å². The largest absolute Gasteiger partial charge is 0.493 e. The number of hydrogen-bond acceptors (Lipinski definition) is 6. The van der Waals surface area contributed by atoms with Crippen LogP contribution in [0.25, 0.3) is 11.0 Å². The van der Waals surface area contributed by atoms with E-state index < -0.39 is 6.04 Å². The van der Waals surface area contributed by atoms with Crippen LogP contribution in [0.1, 0.15) is 93.4 Å². The second-order valence-corrected chi connectivity index (χ2v) is 11.5. The van der Waals surface area contributed by atoms with E-state index in [0.717, 1.165) is 36.7 Å². The van der Waals surface area contributed by atoms with Crippen molar-refractivity contribution < 1.29 is 23.8 Å². The molecule has 226 valence electrons. The van der Waals surface area contributed by atoms with E-state index in [4.69, 9.17) is 19.2 Å². The first-order valence-electron chi connectivity index (χ1n) is 15.3. The van der Waals surface area contributed by atoms with Gasteiger partial charge in [-0.25, -0.2) is 4.98 Å². The average molecular weight is 577 g/mol. The Morgan fingerprint density at radius 1 is 0.905 bits per heavy atom. The van der Waals surface area contributed by atoms with Gasteiger partial charge >= 0.3 is 0 Å². The van der Waals surface area contributed by atoms with Crippen LogP contribution in [0.15, 0.2) is 36.4 Å². The lowest BCUT2D eigenvalue weighted by Crippen LogP contribution is -2.50. The van der Waals surface area contributed by atoms with Gasteiger partial charge in [-0.1, -0.05) is 50.7 Å². The molecule has 2 saturated carbocycles. The Morgan fingerprint density at radius 2 is 1.48 bits per heavy atom. The molecule has 42 heavy (non-hydrogen) atoms. The molecule has 1 atom stereocenters. The van der Waals surface area contributed by atoms with Crippen LogP contribution in [0, 0.1) is 0 Å². The van der Waals surface area contributed by atoms with Crippen molar-refractivity contribution in [2.45, 2.75) is 95.8 Å². The predicted molar refractivity (Wildman–Crippen MR) is 162 cm³/mol. The molecular formula is C33H44N4O5. The maximum Gasteiger partial charge on any atom is 0.252 e. The second-order valence-electron chi connectivity index (χ2n) is 11.5. The molecule has 0 spiro atoms. The Morgan fingerprint density at radius 3 is 2.02 bits per heavy atom. The molecule has 1 N–H and O–H groups in total. The van der Waals surface area contributed by atoms with Crippen LogP contribution in [-0.2, 0) is 11.3 Å². The highest BCUT2D eigenvalue weighted by Gasteiger charge is 2.33. The normalized spacial score (nSPS) is 17.0. The molecule has 0 aliphatic heterocycles. The Kier molecular flexibility index (Phi) is 9.55. The Hall–Kier alpha value is -3.75. The van der Waals surface area contributed by atoms with Crippen molar-refractivity contribution in [1.29, 1.82) is 0 Å². The van der Waals surface area contributed by atoms with Crippen LogP contribution in [0.3, 0.4) is 0 Å². The van der Waals surface area contributed by atoms with Gasteiger partial charge in [0.2, 0.25) is 11.7 Å². The molecule has 0 radical (unpaired) electrons. The summed E-state index contributed by atoms with van der Waals surface area (Å²) in [6.45, 7) is 2.10. The van der Waals surface area contributed by atoms with Gasteiger partial charge in [0.05, 0.1) is 38.4 Å². The molecule has 0 bridgehead atoms. The summed E-state index contributed by atoms with van der Waals surface area (Å²) in [5.74, 6) is 1.72. The van der Waals surface area contributed by atoms with Gasteiger partial charge in [-0.15, -0.1) is 0 Å². The van der Waals surface area contributed by atoms with Gasteiger partial charge in [0.1, 0.15) is 12.4 Å². The summed E-state index contributed by atoms with van der Waals surface area (Å²) in [7, 11) is 4.56. The van der Waals surface area contributed by atoms with Crippen LogP contribution in [-0.4, -0.2) is 59.7 Å². The van der Waals surface area contributed by atoms with Crippen LogP contribution in [0.2, 0.25) is 0 Å². The summed E-state index contributed by atoms with van der Waals surface area (Å²) in [4.78, 5) is 34.8. The Labute approximate surface area is 248 Å². The molecule has 9 nitrogen and oxygen atoms in total. The SMILES string of the molecule is COc1cc(C(=O)NC(C)c2nc3ccccc3n2CC(=O)N(C2CCCCC2)C2CCCCC2)cc(OC)c1OC. The smallest absolute Gasteiger partial charge is 0.252 e. The number of benzene rings is 2. The number of rotatable bonds is 10. The molecule has 2 aliphatic carbocycles. The second kappa shape index (κ2) is 13.5. The molecule has 1 unspecified atom stereocenters. The maximum absolute atomic E-state index is 14.2. The van der Waals surface area contributed by atoms with Gasteiger partial charge in [0.15, 0.2) is 11.5 Å². The summed E-state index contributed by atoms with van der Waals surface area (Å²) >= 11 is 0. The Bertz CT molecular complexity index is 1350. The number of nitrogens with zero attached hydrogens (tertiary/aromatic N) is 3. The lowest BCUT2D eigenvalue weighted by molar-refractivity contribution is -0.138. The van der Waals surface area contributed by atoms with Gasteiger partial charge in [0, 0.05) is 17.6 Å². The van der Waals surface area contributed by atoms with Gasteiger partial charge in [0.25, 0.3) is 5.91 Å². The van der Waals surface area contributed by atoms with E-state index in [1.807, 2.05) is 35.8 Å². The lowest BCUT2D eigenvalue weighted by atomic mass is 9.88. The number of nitrogens with one attached hydrogen (secondary N) is 1. The standard InChI is InChI=1S/C33H44N4O5/c1-22(34-33(39)23-19-28(40-2)31(42-4)29(20-23)41-3)32-35-26-17-11-12-18-27(26)36(32)21-30(38)37(24-13-7-5-8-14-24)25-15-9-6-10-16-25/h11-12,17-20,22,24-25H,5-10,13-16,21H2,1-4H3,(H,34,39). The molecule has 2 amide bonds. The fourth-order valence-corrected chi connectivity index (χ4v) is 6.79. The quantitative estimate of drug-likeness (QED) is 0.316. The number of imidazole rings is 1. The van der Waals surface area contributed by atoms with Crippen molar-refractivity contribution in [3.05, 3.63) is 47.8 Å². The highest BCUT2D eigenvalue weighted by atomic mass is 16.5. The highest BCUT2D eigenvalue weighted by Crippen LogP contribution is 2.38. The summed E-state index contributed by atoms with van der Waals surface area (Å²) in [5, 5.41) is 3.08. The summed E-state index contributed by atoms with van der Waals surface area (Å²) in [5.41, 5.74) is 2.06. The molecule has 5 rings (SSSR count). The van der Waals surface area contributed by atoms with E-state index in [1.165, 1.54) is 59.9 Å². The maximum atomic E-state index is 14.2. The molecule has 9 heteroatoms. The van der Waals surface area contributed by atoms with Crippen molar-refractivity contribution in [2.75, 3.05) is 21.3 Å². The summed E-state index contributed by atoms with van der Waals surface area (Å²) in [6, 6.07) is 11.3. The van der Waals surface area contributed by atoms with E-state index >= 15 is 0 Å². The third-order valence-corrected chi connectivity index (χ3v) is 8.86. The monoisotopic (exact) mass is 576 g/mol. The number of fused-ring (bicyclic) bond motifs is 1. The zero-order valence-electron chi connectivity index (χ0n) is 25.4. The molecule has 2 aliphatic rings. The van der Waals surface area contributed by atoms with Crippen LogP contribution in [0.5, 0.6) is 17.2 Å². The molecule has 1 heterocycles. The first-order chi connectivity index (χ1) is 20.4. The van der Waals surface area contributed by atoms with Crippen molar-refractivity contribution in [1.82, 2.24) is 19.8 Å². The van der Waals surface area contributed by atoms with Crippen LogP contribution < -0.4 is 19.5 Å². The average Bonchev–Trinajstić information content (AvgIpc) is 3.39. The summed E-state index contributed by atoms with van der Waals surface area (Å²) < 4.78 is 18.3. The number of carbonyl (C=O) groups excluding carboxylic acids is 2. The molecule has 3 aromatic rings. The number of methoxy groups -OCH3 is 3. The van der Waals surface area contributed by atoms with Gasteiger partial charge in [-0.05, 0) is 56.9 Å². The first kappa shape index (κ1) is 29.7. The third kappa shape index (κ3) is 6.20. The first-order valence-corrected chi connectivity index (χ1v) is 15.3. The lowest BCUT2D eigenvalue weighted by Gasteiger charge is -2.42. The number of hydrogen-bond donors (Lipinski definition) is 1. The number of carbonyl (C=O) groups is 2. The summed E-state index contributed by atoms with van der Waals surface area (Å²) in [6.07, 6.45) is 11.6. The van der Waals surface area contributed by atoms with Crippen molar-refractivity contribution >= 4 is 22.8 Å². The van der Waals surface area contributed by atoms with Crippen LogP contribution in [0.4, 0.5) is 0 Å². The Balaban J connectivity index is 1.43. The van der Waals surface area contributed by atoms with E-state index in [9.17, 15) is 9.59 Å². The van der Waals surface area contributed by atoms with E-state index in [1.54, 1.807) is 12.1 Å². The molecule has 2 aromatic carbocycles. The molecule has 2 fully saturated rings. The van der Waals surface area contributed by atoms with Gasteiger partial charge in [-0.2, -0.15) is 0 Å². The molecule has 1 aromatic heterocycles. The predicted octanol–water partition coefficient (Wildman–Crippen LogP) is 6.05. The van der Waals surface area contributed by atoms with E-state index in [-0.39, 0.29) is 18.4 Å². The molecular weight excluding hydrogens is 532 g/mol. The van der Waals surface area contributed by atoms with Crippen molar-refractivity contribution in [2.24, 2.45) is 0 Å². The highest BCUT2D eigenvalue weighted by molar-refractivity contribution is 5.96. The van der Waals surface area contributed by atoms with E-state index in [2.05, 4.69) is 10.2 Å². The zero-order chi connectivity index (χ0) is 29.6. The molecule has 0 saturated heterocycles. The fourth-order valence-electron chi connectivity index (χ4n) is 6.79. The minimum atomic E-state index is -0.463. The van der Waals surface area contributed by atoms with Crippen LogP contribution >= 0.6 is 0 Å².